The van der Waals surface area contributed by atoms with Crippen LogP contribution in [0.1, 0.15) is 31.7 Å². The summed E-state index contributed by atoms with van der Waals surface area (Å²) in [6.07, 6.45) is 3.39. The van der Waals surface area contributed by atoms with Gasteiger partial charge in [0.15, 0.2) is 11.5 Å². The van der Waals surface area contributed by atoms with Crippen LogP contribution < -0.4 is 9.47 Å². The van der Waals surface area contributed by atoms with E-state index in [4.69, 9.17) is 9.47 Å². The third kappa shape index (κ3) is 2.76. The molecule has 1 aliphatic carbocycles. The number of benzene rings is 1. The lowest BCUT2D eigenvalue weighted by Gasteiger charge is -2.25. The number of tetrazole rings is 1. The van der Waals surface area contributed by atoms with Crippen LogP contribution in [0.5, 0.6) is 11.5 Å². The third-order valence-electron chi connectivity index (χ3n) is 4.06. The highest BCUT2D eigenvalue weighted by Crippen LogP contribution is 2.32. The first-order valence-electron chi connectivity index (χ1n) is 7.43. The molecule has 0 saturated heterocycles. The van der Waals surface area contributed by atoms with E-state index < -0.39 is 6.10 Å². The molecule has 7 heteroatoms. The van der Waals surface area contributed by atoms with Crippen molar-refractivity contribution in [1.29, 1.82) is 0 Å². The Labute approximate surface area is 128 Å². The molecule has 1 saturated carbocycles. The zero-order chi connectivity index (χ0) is 15.5. The average Bonchev–Trinajstić information content (AvgIpc) is 3.04. The number of nitrogens with zero attached hydrogens (tertiary/aromatic N) is 4. The number of hydrogen-bond acceptors (Lipinski definition) is 6. The van der Waals surface area contributed by atoms with E-state index in [0.717, 1.165) is 31.2 Å². The highest BCUT2D eigenvalue weighted by molar-refractivity contribution is 5.60. The first kappa shape index (κ1) is 14.8. The van der Waals surface area contributed by atoms with E-state index in [-0.39, 0.29) is 6.04 Å². The molecule has 22 heavy (non-hydrogen) atoms. The van der Waals surface area contributed by atoms with Crippen molar-refractivity contribution in [2.24, 2.45) is 0 Å². The minimum Gasteiger partial charge on any atom is -0.493 e. The van der Waals surface area contributed by atoms with Gasteiger partial charge < -0.3 is 14.6 Å². The molecule has 0 aliphatic heterocycles. The molecule has 0 amide bonds. The first-order valence-corrected chi connectivity index (χ1v) is 7.43. The molecule has 1 heterocycles. The second-order valence-corrected chi connectivity index (χ2v) is 5.42. The number of aliphatic hydroxyl groups is 1. The third-order valence-corrected chi connectivity index (χ3v) is 4.06. The zero-order valence-corrected chi connectivity index (χ0v) is 12.8. The highest BCUT2D eigenvalue weighted by atomic mass is 16.5. The predicted octanol–water partition coefficient (Wildman–Crippen LogP) is 1.83. The van der Waals surface area contributed by atoms with Gasteiger partial charge in [-0.15, -0.1) is 10.2 Å². The summed E-state index contributed by atoms with van der Waals surface area (Å²) < 4.78 is 10.5. The zero-order valence-electron chi connectivity index (χ0n) is 12.8. The van der Waals surface area contributed by atoms with Crippen LogP contribution >= 0.6 is 0 Å². The smallest absolute Gasteiger partial charge is 0.205 e. The maximum atomic E-state index is 10.1. The molecule has 0 radical (unpaired) electrons. The van der Waals surface area contributed by atoms with Crippen LogP contribution in [0.25, 0.3) is 11.4 Å². The number of hydrogen-bond donors (Lipinski definition) is 1. The summed E-state index contributed by atoms with van der Waals surface area (Å²) >= 11 is 0. The first-order chi connectivity index (χ1) is 10.7. The van der Waals surface area contributed by atoms with Crippen LogP contribution in [0.15, 0.2) is 18.2 Å². The van der Waals surface area contributed by atoms with E-state index in [1.165, 1.54) is 4.80 Å². The van der Waals surface area contributed by atoms with Crippen LogP contribution in [-0.4, -0.2) is 45.6 Å². The summed E-state index contributed by atoms with van der Waals surface area (Å²) in [5.74, 6) is 1.79. The Balaban J connectivity index is 1.87. The molecule has 2 unspecified atom stereocenters. The van der Waals surface area contributed by atoms with Gasteiger partial charge >= 0.3 is 0 Å². The number of aliphatic hydroxyl groups excluding tert-OH is 1. The molecule has 0 bridgehead atoms. The summed E-state index contributed by atoms with van der Waals surface area (Å²) in [5, 5.41) is 22.7. The van der Waals surface area contributed by atoms with Crippen LogP contribution in [0.4, 0.5) is 0 Å². The largest absolute Gasteiger partial charge is 0.493 e. The maximum Gasteiger partial charge on any atom is 0.205 e. The van der Waals surface area contributed by atoms with Gasteiger partial charge in [0.05, 0.1) is 26.4 Å². The van der Waals surface area contributed by atoms with Gasteiger partial charge in [-0.25, -0.2) is 0 Å². The highest BCUT2D eigenvalue weighted by Gasteiger charge is 2.27. The molecular weight excluding hydrogens is 284 g/mol. The number of ether oxygens (including phenoxy) is 2. The summed E-state index contributed by atoms with van der Waals surface area (Å²) in [6, 6.07) is 5.40. The summed E-state index contributed by atoms with van der Waals surface area (Å²) in [5.41, 5.74) is 0.800. The summed E-state index contributed by atoms with van der Waals surface area (Å²) in [4.78, 5) is 1.54. The topological polar surface area (TPSA) is 82.3 Å². The Morgan fingerprint density at radius 1 is 1.14 bits per heavy atom. The Bertz CT molecular complexity index is 643. The molecule has 0 spiro atoms. The Morgan fingerprint density at radius 3 is 2.64 bits per heavy atom. The van der Waals surface area contributed by atoms with Gasteiger partial charge in [0.25, 0.3) is 0 Å². The number of rotatable bonds is 4. The second-order valence-electron chi connectivity index (χ2n) is 5.42. The Morgan fingerprint density at radius 2 is 1.91 bits per heavy atom. The van der Waals surface area contributed by atoms with Gasteiger partial charge in [0.1, 0.15) is 0 Å². The van der Waals surface area contributed by atoms with E-state index in [2.05, 4.69) is 15.4 Å². The fourth-order valence-corrected chi connectivity index (χ4v) is 2.82. The van der Waals surface area contributed by atoms with Crippen molar-refractivity contribution >= 4 is 0 Å². The monoisotopic (exact) mass is 304 g/mol. The van der Waals surface area contributed by atoms with Crippen LogP contribution in [0.2, 0.25) is 0 Å². The van der Waals surface area contributed by atoms with E-state index >= 15 is 0 Å². The molecule has 1 fully saturated rings. The standard InChI is InChI=1S/C15H20N4O3/c1-21-13-8-7-10(9-14(13)22-2)15-16-18-19(17-15)11-5-3-4-6-12(11)20/h7-9,11-12,20H,3-6H2,1-2H3. The fraction of sp³-hybridized carbons (Fsp3) is 0.533. The molecule has 1 aliphatic rings. The van der Waals surface area contributed by atoms with E-state index in [0.29, 0.717) is 17.3 Å². The second kappa shape index (κ2) is 6.31. The molecule has 118 valence electrons. The van der Waals surface area contributed by atoms with Gasteiger partial charge in [-0.1, -0.05) is 12.8 Å². The lowest BCUT2D eigenvalue weighted by Crippen LogP contribution is -2.29. The van der Waals surface area contributed by atoms with Gasteiger partial charge in [-0.3, -0.25) is 0 Å². The minimum absolute atomic E-state index is 0.0878. The van der Waals surface area contributed by atoms with Crippen molar-refractivity contribution in [1.82, 2.24) is 20.2 Å². The van der Waals surface area contributed by atoms with Gasteiger partial charge in [-0.05, 0) is 36.3 Å². The maximum absolute atomic E-state index is 10.1. The molecule has 7 nitrogen and oxygen atoms in total. The summed E-state index contributed by atoms with van der Waals surface area (Å²) in [6.45, 7) is 0. The van der Waals surface area contributed by atoms with E-state index in [9.17, 15) is 5.11 Å². The normalized spacial score (nSPS) is 21.6. The lowest BCUT2D eigenvalue weighted by molar-refractivity contribution is 0.0614. The predicted molar refractivity (Wildman–Crippen MR) is 79.9 cm³/mol. The SMILES string of the molecule is COc1ccc(-c2nnn(C3CCCCC3O)n2)cc1OC. The average molecular weight is 304 g/mol. The summed E-state index contributed by atoms with van der Waals surface area (Å²) in [7, 11) is 3.18. The molecule has 2 aromatic rings. The quantitative estimate of drug-likeness (QED) is 0.928. The van der Waals surface area contributed by atoms with Crippen molar-refractivity contribution in [3.05, 3.63) is 18.2 Å². The Kier molecular flexibility index (Phi) is 4.24. The molecule has 1 aromatic heterocycles. The van der Waals surface area contributed by atoms with Crippen LogP contribution in [0.3, 0.4) is 0 Å². The number of methoxy groups -OCH3 is 2. The fourth-order valence-electron chi connectivity index (χ4n) is 2.82. The minimum atomic E-state index is -0.402. The van der Waals surface area contributed by atoms with Crippen molar-refractivity contribution in [3.63, 3.8) is 0 Å². The van der Waals surface area contributed by atoms with Gasteiger partial charge in [0, 0.05) is 5.56 Å². The molecule has 3 rings (SSSR count). The van der Waals surface area contributed by atoms with Gasteiger partial charge in [-0.2, -0.15) is 4.80 Å². The van der Waals surface area contributed by atoms with E-state index in [1.807, 2.05) is 18.2 Å². The van der Waals surface area contributed by atoms with Crippen LogP contribution in [0, 0.1) is 0 Å². The molecular formula is C15H20N4O3. The van der Waals surface area contributed by atoms with Crippen molar-refractivity contribution in [2.75, 3.05) is 14.2 Å². The lowest BCUT2D eigenvalue weighted by atomic mass is 9.93. The molecule has 1 N–H and O–H groups in total. The van der Waals surface area contributed by atoms with Crippen molar-refractivity contribution < 1.29 is 14.6 Å². The van der Waals surface area contributed by atoms with Crippen LogP contribution in [-0.2, 0) is 0 Å². The Hall–Kier alpha value is -2.15. The number of aromatic nitrogens is 4. The van der Waals surface area contributed by atoms with Gasteiger partial charge in [0.2, 0.25) is 5.82 Å². The van der Waals surface area contributed by atoms with E-state index in [1.54, 1.807) is 14.2 Å². The molecule has 1 aromatic carbocycles. The van der Waals surface area contributed by atoms with Crippen molar-refractivity contribution in [2.45, 2.75) is 37.8 Å². The molecule has 2 atom stereocenters. The van der Waals surface area contributed by atoms with Crippen molar-refractivity contribution in [3.8, 4) is 22.9 Å².